The first-order valence-corrected chi connectivity index (χ1v) is 8.44. The van der Waals surface area contributed by atoms with E-state index in [2.05, 4.69) is 10.4 Å². The molecule has 0 aliphatic rings. The molecule has 1 amide bonds. The zero-order chi connectivity index (χ0) is 18.4. The van der Waals surface area contributed by atoms with E-state index in [9.17, 15) is 9.90 Å². The highest BCUT2D eigenvalue weighted by Gasteiger charge is 2.12. The molecule has 0 unspecified atom stereocenters. The molecule has 1 aromatic heterocycles. The molecule has 3 aromatic rings. The van der Waals surface area contributed by atoms with E-state index < -0.39 is 6.10 Å². The average Bonchev–Trinajstić information content (AvgIpc) is 3.16. The van der Waals surface area contributed by atoms with Gasteiger partial charge >= 0.3 is 0 Å². The summed E-state index contributed by atoms with van der Waals surface area (Å²) in [4.78, 5) is 12.2. The highest BCUT2D eigenvalue weighted by Crippen LogP contribution is 2.13. The zero-order valence-electron chi connectivity index (χ0n) is 13.9. The summed E-state index contributed by atoms with van der Waals surface area (Å²) in [6.07, 6.45) is 2.27. The Morgan fingerprint density at radius 3 is 2.65 bits per heavy atom. The Labute approximate surface area is 156 Å². The van der Waals surface area contributed by atoms with E-state index in [0.717, 1.165) is 5.69 Å². The van der Waals surface area contributed by atoms with Crippen LogP contribution in [0, 0.1) is 0 Å². The molecule has 2 aromatic carbocycles. The number of amides is 1. The van der Waals surface area contributed by atoms with Crippen LogP contribution < -0.4 is 10.1 Å². The van der Waals surface area contributed by atoms with Gasteiger partial charge in [-0.15, -0.1) is 0 Å². The van der Waals surface area contributed by atoms with Gasteiger partial charge in [-0.1, -0.05) is 29.8 Å². The maximum absolute atomic E-state index is 12.2. The van der Waals surface area contributed by atoms with E-state index in [-0.39, 0.29) is 19.1 Å². The summed E-state index contributed by atoms with van der Waals surface area (Å²) in [5.41, 5.74) is 1.20. The summed E-state index contributed by atoms with van der Waals surface area (Å²) in [6.45, 7) is 0.173. The van der Waals surface area contributed by atoms with Crippen molar-refractivity contribution < 1.29 is 14.6 Å². The van der Waals surface area contributed by atoms with Crippen LogP contribution in [-0.4, -0.2) is 40.0 Å². The van der Waals surface area contributed by atoms with Gasteiger partial charge in [-0.25, -0.2) is 4.68 Å². The maximum atomic E-state index is 12.2. The summed E-state index contributed by atoms with van der Waals surface area (Å²) >= 11 is 5.86. The van der Waals surface area contributed by atoms with Gasteiger partial charge in [0.2, 0.25) is 0 Å². The first kappa shape index (κ1) is 18.0. The Morgan fingerprint density at radius 1 is 1.19 bits per heavy atom. The van der Waals surface area contributed by atoms with Crippen molar-refractivity contribution in [1.82, 2.24) is 15.1 Å². The van der Waals surface area contributed by atoms with E-state index >= 15 is 0 Å². The number of nitrogens with one attached hydrogen (secondary N) is 1. The third kappa shape index (κ3) is 4.84. The molecular weight excluding hydrogens is 354 g/mol. The molecule has 0 fully saturated rings. The number of ether oxygens (including phenoxy) is 1. The molecule has 134 valence electrons. The Hall–Kier alpha value is -2.83. The predicted molar refractivity (Wildman–Crippen MR) is 98.9 cm³/mol. The third-order valence-electron chi connectivity index (χ3n) is 3.62. The van der Waals surface area contributed by atoms with Crippen LogP contribution in [0.4, 0.5) is 0 Å². The predicted octanol–water partition coefficient (Wildman–Crippen LogP) is 2.70. The van der Waals surface area contributed by atoms with Gasteiger partial charge in [0, 0.05) is 17.8 Å². The van der Waals surface area contributed by atoms with Crippen molar-refractivity contribution >= 4 is 17.5 Å². The number of hydrogen-bond donors (Lipinski definition) is 2. The van der Waals surface area contributed by atoms with Crippen LogP contribution in [0.25, 0.3) is 5.69 Å². The van der Waals surface area contributed by atoms with E-state index in [0.29, 0.717) is 16.3 Å². The van der Waals surface area contributed by atoms with Crippen LogP contribution in [0.1, 0.15) is 10.4 Å². The van der Waals surface area contributed by atoms with Crippen LogP contribution in [0.15, 0.2) is 67.0 Å². The average molecular weight is 372 g/mol. The van der Waals surface area contributed by atoms with Gasteiger partial charge in [0.1, 0.15) is 18.5 Å². The number of carbonyl (C=O) groups excluding carboxylic acids is 1. The van der Waals surface area contributed by atoms with Gasteiger partial charge in [0.25, 0.3) is 5.91 Å². The molecule has 1 atom stereocenters. The minimum atomic E-state index is -0.814. The minimum Gasteiger partial charge on any atom is -0.491 e. The lowest BCUT2D eigenvalue weighted by Crippen LogP contribution is -2.35. The van der Waals surface area contributed by atoms with E-state index in [1.165, 1.54) is 6.20 Å². The van der Waals surface area contributed by atoms with Crippen molar-refractivity contribution in [1.29, 1.82) is 0 Å². The van der Waals surface area contributed by atoms with Gasteiger partial charge in [-0.05, 0) is 36.4 Å². The SMILES string of the molecule is O=C(NC[C@@H](O)COc1ccccc1)c1cnn(-c2ccc(Cl)cc2)c1. The van der Waals surface area contributed by atoms with Crippen LogP contribution in [0.2, 0.25) is 5.02 Å². The lowest BCUT2D eigenvalue weighted by molar-refractivity contribution is 0.0843. The van der Waals surface area contributed by atoms with Gasteiger partial charge in [0.15, 0.2) is 0 Å². The monoisotopic (exact) mass is 371 g/mol. The number of benzene rings is 2. The molecule has 1 heterocycles. The number of para-hydroxylation sites is 1. The molecule has 0 spiro atoms. The fourth-order valence-corrected chi connectivity index (χ4v) is 2.38. The second-order valence-corrected chi connectivity index (χ2v) is 6.07. The van der Waals surface area contributed by atoms with Gasteiger partial charge < -0.3 is 15.2 Å². The van der Waals surface area contributed by atoms with Crippen molar-refractivity contribution in [3.8, 4) is 11.4 Å². The van der Waals surface area contributed by atoms with Crippen molar-refractivity contribution in [2.45, 2.75) is 6.10 Å². The summed E-state index contributed by atoms with van der Waals surface area (Å²) in [5.74, 6) is 0.353. The van der Waals surface area contributed by atoms with Crippen molar-refractivity contribution in [2.75, 3.05) is 13.2 Å². The van der Waals surface area contributed by atoms with Crippen molar-refractivity contribution in [3.63, 3.8) is 0 Å². The smallest absolute Gasteiger partial charge is 0.254 e. The fraction of sp³-hybridized carbons (Fsp3) is 0.158. The van der Waals surface area contributed by atoms with E-state index in [4.69, 9.17) is 16.3 Å². The standard InChI is InChI=1S/C19H18ClN3O3/c20-15-6-8-16(9-7-15)23-12-14(10-22-23)19(25)21-11-17(24)13-26-18-4-2-1-3-5-18/h1-10,12,17,24H,11,13H2,(H,21,25)/t17-/m1/s1. The van der Waals surface area contributed by atoms with Crippen molar-refractivity contribution in [3.05, 3.63) is 77.6 Å². The lowest BCUT2D eigenvalue weighted by Gasteiger charge is -2.12. The van der Waals surface area contributed by atoms with E-state index in [1.54, 1.807) is 35.1 Å². The number of carbonyl (C=O) groups is 1. The molecule has 2 N–H and O–H groups in total. The molecular formula is C19H18ClN3O3. The molecule has 0 aliphatic heterocycles. The minimum absolute atomic E-state index is 0.0811. The molecule has 26 heavy (non-hydrogen) atoms. The summed E-state index contributed by atoms with van der Waals surface area (Å²) in [5, 5.41) is 17.4. The lowest BCUT2D eigenvalue weighted by atomic mass is 10.3. The largest absolute Gasteiger partial charge is 0.491 e. The molecule has 0 saturated heterocycles. The molecule has 0 bridgehead atoms. The number of aliphatic hydroxyl groups is 1. The quantitative estimate of drug-likeness (QED) is 0.669. The summed E-state index contributed by atoms with van der Waals surface area (Å²) in [7, 11) is 0. The molecule has 7 heteroatoms. The molecule has 3 rings (SSSR count). The number of hydrogen-bond acceptors (Lipinski definition) is 4. The number of halogens is 1. The first-order valence-electron chi connectivity index (χ1n) is 8.06. The second-order valence-electron chi connectivity index (χ2n) is 5.64. The Balaban J connectivity index is 1.49. The van der Waals surface area contributed by atoms with Crippen LogP contribution >= 0.6 is 11.6 Å². The second kappa shape index (κ2) is 8.51. The van der Waals surface area contributed by atoms with Crippen molar-refractivity contribution in [2.24, 2.45) is 0 Å². The maximum Gasteiger partial charge on any atom is 0.254 e. The number of aliphatic hydroxyl groups excluding tert-OH is 1. The Bertz CT molecular complexity index is 850. The number of rotatable bonds is 7. The molecule has 0 saturated carbocycles. The highest BCUT2D eigenvalue weighted by molar-refractivity contribution is 6.30. The number of aromatic nitrogens is 2. The zero-order valence-corrected chi connectivity index (χ0v) is 14.6. The Morgan fingerprint density at radius 2 is 1.92 bits per heavy atom. The number of nitrogens with zero attached hydrogens (tertiary/aromatic N) is 2. The first-order chi connectivity index (χ1) is 12.6. The van der Waals surface area contributed by atoms with Crippen LogP contribution in [-0.2, 0) is 0 Å². The summed E-state index contributed by atoms with van der Waals surface area (Å²) in [6, 6.07) is 16.3. The summed E-state index contributed by atoms with van der Waals surface area (Å²) < 4.78 is 7.03. The fourth-order valence-electron chi connectivity index (χ4n) is 2.26. The third-order valence-corrected chi connectivity index (χ3v) is 3.87. The topological polar surface area (TPSA) is 76.4 Å². The molecule has 0 aliphatic carbocycles. The van der Waals surface area contributed by atoms with Gasteiger partial charge in [-0.3, -0.25) is 4.79 Å². The van der Waals surface area contributed by atoms with Crippen LogP contribution in [0.5, 0.6) is 5.75 Å². The van der Waals surface area contributed by atoms with Gasteiger partial charge in [-0.2, -0.15) is 5.10 Å². The highest BCUT2D eigenvalue weighted by atomic mass is 35.5. The van der Waals surface area contributed by atoms with E-state index in [1.807, 2.05) is 30.3 Å². The van der Waals surface area contributed by atoms with Crippen LogP contribution in [0.3, 0.4) is 0 Å². The normalized spacial score (nSPS) is 11.8. The Kier molecular flexibility index (Phi) is 5.88. The molecule has 6 nitrogen and oxygen atoms in total. The molecule has 0 radical (unpaired) electrons. The van der Waals surface area contributed by atoms with Gasteiger partial charge in [0.05, 0.1) is 17.4 Å².